The van der Waals surface area contributed by atoms with Gasteiger partial charge in [-0.15, -0.1) is 10.2 Å². The number of para-hydroxylation sites is 1. The highest BCUT2D eigenvalue weighted by Gasteiger charge is 2.16. The Morgan fingerprint density at radius 1 is 0.912 bits per heavy atom. The standard InChI is InChI=1S/C27H24N4O2S/c32-25(28-16-15-21(19-9-3-1-4-10-19)20-11-5-2-6-12-20)18-34-27-31-30-26(33-27)23-17-29-24-14-8-7-13-22(23)24/h1-14,17,21,29H,15-16,18H2,(H,28,32). The maximum Gasteiger partial charge on any atom is 0.277 e. The normalized spacial score (nSPS) is 11.2. The van der Waals surface area contributed by atoms with Gasteiger partial charge in [0.15, 0.2) is 0 Å². The zero-order valence-corrected chi connectivity index (χ0v) is 19.3. The lowest BCUT2D eigenvalue weighted by Gasteiger charge is -2.18. The molecule has 0 atom stereocenters. The quantitative estimate of drug-likeness (QED) is 0.273. The van der Waals surface area contributed by atoms with E-state index in [4.69, 9.17) is 4.42 Å². The molecule has 2 aromatic heterocycles. The molecule has 0 spiro atoms. The molecule has 3 aromatic carbocycles. The van der Waals surface area contributed by atoms with Crippen LogP contribution < -0.4 is 5.32 Å². The summed E-state index contributed by atoms with van der Waals surface area (Å²) in [7, 11) is 0. The van der Waals surface area contributed by atoms with Crippen molar-refractivity contribution in [2.75, 3.05) is 12.3 Å². The number of hydrogen-bond donors (Lipinski definition) is 2. The Morgan fingerprint density at radius 3 is 2.32 bits per heavy atom. The number of thioether (sulfide) groups is 1. The van der Waals surface area contributed by atoms with E-state index in [9.17, 15) is 4.79 Å². The third-order valence-electron chi connectivity index (χ3n) is 5.71. The summed E-state index contributed by atoms with van der Waals surface area (Å²) in [5, 5.41) is 12.7. The number of benzene rings is 3. The molecule has 7 heteroatoms. The predicted octanol–water partition coefficient (Wildman–Crippen LogP) is 5.65. The van der Waals surface area contributed by atoms with Crippen LogP contribution in [0.3, 0.4) is 0 Å². The number of carbonyl (C=O) groups is 1. The molecule has 6 nitrogen and oxygen atoms in total. The van der Waals surface area contributed by atoms with Gasteiger partial charge in [0, 0.05) is 29.6 Å². The van der Waals surface area contributed by atoms with Crippen LogP contribution in [-0.2, 0) is 4.79 Å². The van der Waals surface area contributed by atoms with Crippen molar-refractivity contribution < 1.29 is 9.21 Å². The summed E-state index contributed by atoms with van der Waals surface area (Å²) in [5.74, 6) is 0.826. The molecule has 0 unspecified atom stereocenters. The van der Waals surface area contributed by atoms with Crippen LogP contribution >= 0.6 is 11.8 Å². The number of fused-ring (bicyclic) bond motifs is 1. The van der Waals surface area contributed by atoms with E-state index < -0.39 is 0 Å². The Labute approximate surface area is 201 Å². The summed E-state index contributed by atoms with van der Waals surface area (Å²) in [5.41, 5.74) is 4.35. The predicted molar refractivity (Wildman–Crippen MR) is 135 cm³/mol. The molecule has 2 heterocycles. The van der Waals surface area contributed by atoms with Crippen molar-refractivity contribution in [3.8, 4) is 11.5 Å². The fourth-order valence-corrected chi connectivity index (χ4v) is 4.65. The fraction of sp³-hybridized carbons (Fsp3) is 0.148. The van der Waals surface area contributed by atoms with Crippen LogP contribution in [0.25, 0.3) is 22.4 Å². The van der Waals surface area contributed by atoms with Crippen molar-refractivity contribution in [1.29, 1.82) is 0 Å². The summed E-state index contributed by atoms with van der Waals surface area (Å²) < 4.78 is 5.79. The highest BCUT2D eigenvalue weighted by molar-refractivity contribution is 7.99. The average molecular weight is 469 g/mol. The van der Waals surface area contributed by atoms with Crippen LogP contribution in [0.1, 0.15) is 23.5 Å². The fourth-order valence-electron chi connectivity index (χ4n) is 4.06. The number of nitrogens with one attached hydrogen (secondary N) is 2. The molecule has 0 saturated carbocycles. The molecule has 0 aliphatic rings. The number of carbonyl (C=O) groups excluding carboxylic acids is 1. The second-order valence-corrected chi connectivity index (χ2v) is 8.85. The van der Waals surface area contributed by atoms with E-state index >= 15 is 0 Å². The number of rotatable bonds is 9. The number of H-pyrrole nitrogens is 1. The molecule has 1 amide bonds. The molecule has 0 aliphatic heterocycles. The number of hydrogen-bond acceptors (Lipinski definition) is 5. The summed E-state index contributed by atoms with van der Waals surface area (Å²) in [6, 6.07) is 28.7. The van der Waals surface area contributed by atoms with E-state index in [1.165, 1.54) is 22.9 Å². The van der Waals surface area contributed by atoms with Crippen molar-refractivity contribution in [3.63, 3.8) is 0 Å². The largest absolute Gasteiger partial charge is 0.411 e. The van der Waals surface area contributed by atoms with Gasteiger partial charge < -0.3 is 14.7 Å². The molecular formula is C27H24N4O2S. The molecule has 5 aromatic rings. The van der Waals surface area contributed by atoms with E-state index in [2.05, 4.69) is 69.0 Å². The molecule has 0 fully saturated rings. The molecular weight excluding hydrogens is 444 g/mol. The maximum absolute atomic E-state index is 12.5. The van der Waals surface area contributed by atoms with Gasteiger partial charge >= 0.3 is 0 Å². The van der Waals surface area contributed by atoms with Crippen molar-refractivity contribution in [2.24, 2.45) is 0 Å². The van der Waals surface area contributed by atoms with Gasteiger partial charge in [-0.05, 0) is 23.6 Å². The molecule has 0 saturated heterocycles. The third kappa shape index (κ3) is 5.05. The molecule has 34 heavy (non-hydrogen) atoms. The van der Waals surface area contributed by atoms with Gasteiger partial charge in [0.25, 0.3) is 11.1 Å². The van der Waals surface area contributed by atoms with Gasteiger partial charge in [-0.2, -0.15) is 0 Å². The third-order valence-corrected chi connectivity index (χ3v) is 6.53. The average Bonchev–Trinajstić information content (AvgIpc) is 3.53. The Hall–Kier alpha value is -3.84. The summed E-state index contributed by atoms with van der Waals surface area (Å²) in [6.45, 7) is 0.582. The second-order valence-electron chi connectivity index (χ2n) is 7.92. The molecule has 0 radical (unpaired) electrons. The van der Waals surface area contributed by atoms with E-state index in [1.807, 2.05) is 42.6 Å². The lowest BCUT2D eigenvalue weighted by molar-refractivity contribution is -0.118. The van der Waals surface area contributed by atoms with Crippen molar-refractivity contribution in [1.82, 2.24) is 20.5 Å². The van der Waals surface area contributed by atoms with Gasteiger partial charge in [0.2, 0.25) is 5.91 Å². The van der Waals surface area contributed by atoms with Crippen LogP contribution in [0.5, 0.6) is 0 Å². The minimum absolute atomic E-state index is 0.0586. The van der Waals surface area contributed by atoms with E-state index in [0.29, 0.717) is 17.7 Å². The minimum atomic E-state index is -0.0586. The second kappa shape index (κ2) is 10.4. The summed E-state index contributed by atoms with van der Waals surface area (Å²) in [4.78, 5) is 15.7. The molecule has 170 valence electrons. The van der Waals surface area contributed by atoms with E-state index in [-0.39, 0.29) is 17.6 Å². The maximum atomic E-state index is 12.5. The lowest BCUT2D eigenvalue weighted by atomic mass is 9.88. The van der Waals surface area contributed by atoms with Crippen molar-refractivity contribution in [2.45, 2.75) is 17.6 Å². The first-order valence-corrected chi connectivity index (χ1v) is 12.2. The first kappa shape index (κ1) is 22.0. The van der Waals surface area contributed by atoms with Crippen molar-refractivity contribution >= 4 is 28.6 Å². The highest BCUT2D eigenvalue weighted by atomic mass is 32.2. The SMILES string of the molecule is O=C(CSc1nnc(-c2c[nH]c3ccccc23)o1)NCCC(c1ccccc1)c1ccccc1. The lowest BCUT2D eigenvalue weighted by Crippen LogP contribution is -2.27. The molecule has 0 bridgehead atoms. The smallest absolute Gasteiger partial charge is 0.277 e. The number of aromatic nitrogens is 3. The Kier molecular flexibility index (Phi) is 6.72. The Morgan fingerprint density at radius 2 is 1.59 bits per heavy atom. The number of amides is 1. The van der Waals surface area contributed by atoms with Crippen LogP contribution in [0, 0.1) is 0 Å². The van der Waals surface area contributed by atoms with Gasteiger partial charge in [0.1, 0.15) is 0 Å². The Bertz CT molecular complexity index is 1330. The van der Waals surface area contributed by atoms with E-state index in [1.54, 1.807) is 0 Å². The summed E-state index contributed by atoms with van der Waals surface area (Å²) in [6.07, 6.45) is 2.67. The van der Waals surface area contributed by atoms with Gasteiger partial charge in [-0.25, -0.2) is 0 Å². The number of nitrogens with zero attached hydrogens (tertiary/aromatic N) is 2. The van der Waals surface area contributed by atoms with Crippen LogP contribution in [0.2, 0.25) is 0 Å². The van der Waals surface area contributed by atoms with Crippen LogP contribution in [0.15, 0.2) is 101 Å². The first-order chi connectivity index (χ1) is 16.8. The van der Waals surface area contributed by atoms with Crippen molar-refractivity contribution in [3.05, 3.63) is 102 Å². The Balaban J connectivity index is 1.15. The zero-order chi connectivity index (χ0) is 23.2. The van der Waals surface area contributed by atoms with Crippen LogP contribution in [-0.4, -0.2) is 33.4 Å². The monoisotopic (exact) mass is 468 g/mol. The van der Waals surface area contributed by atoms with E-state index in [0.717, 1.165) is 22.9 Å². The molecule has 2 N–H and O–H groups in total. The minimum Gasteiger partial charge on any atom is -0.411 e. The zero-order valence-electron chi connectivity index (χ0n) is 18.5. The highest BCUT2D eigenvalue weighted by Crippen LogP contribution is 2.30. The van der Waals surface area contributed by atoms with Gasteiger partial charge in [-0.3, -0.25) is 4.79 Å². The van der Waals surface area contributed by atoms with Crippen LogP contribution in [0.4, 0.5) is 0 Å². The molecule has 5 rings (SSSR count). The summed E-state index contributed by atoms with van der Waals surface area (Å²) >= 11 is 1.24. The first-order valence-electron chi connectivity index (χ1n) is 11.2. The topological polar surface area (TPSA) is 83.8 Å². The molecule has 0 aliphatic carbocycles. The van der Waals surface area contributed by atoms with Gasteiger partial charge in [0.05, 0.1) is 11.3 Å². The van der Waals surface area contributed by atoms with Gasteiger partial charge in [-0.1, -0.05) is 90.6 Å². The number of aromatic amines is 1.